The standard InChI is InChI=1S/C29H31ClN4O5S/c30-23-12-13-25(32-29(36)31-24-8-4-5-9-26(24)39-18-20-6-2-1-3-7-20)27(35)28(23)40(37,38)34-17-21-14-22(34)16-33(21)15-19-10-11-19/h1-9,12-13,19,21-22,35H,10-11,14-18H2,(H2,31,32,36)/t21-,22+/m1/s1. The fourth-order valence-corrected chi connectivity index (χ4v) is 7.84. The zero-order valence-corrected chi connectivity index (χ0v) is 23.4. The molecule has 3 aromatic rings. The number of piperazine rings is 1. The van der Waals surface area contributed by atoms with Crippen LogP contribution in [-0.4, -0.2) is 60.5 Å². The van der Waals surface area contributed by atoms with Gasteiger partial charge < -0.3 is 20.5 Å². The first kappa shape index (κ1) is 26.9. The van der Waals surface area contributed by atoms with E-state index in [0.29, 0.717) is 31.1 Å². The van der Waals surface area contributed by atoms with Gasteiger partial charge in [0.2, 0.25) is 10.0 Å². The smallest absolute Gasteiger partial charge is 0.323 e. The lowest BCUT2D eigenvalue weighted by Crippen LogP contribution is -2.49. The summed E-state index contributed by atoms with van der Waals surface area (Å²) in [6, 6.07) is 18.7. The largest absolute Gasteiger partial charge is 0.504 e. The van der Waals surface area contributed by atoms with Gasteiger partial charge in [0.15, 0.2) is 5.75 Å². The number of halogens is 1. The normalized spacial score (nSPS) is 20.9. The van der Waals surface area contributed by atoms with Gasteiger partial charge in [-0.2, -0.15) is 4.31 Å². The molecule has 0 unspecified atom stereocenters. The Morgan fingerprint density at radius 3 is 2.40 bits per heavy atom. The van der Waals surface area contributed by atoms with Crippen LogP contribution in [0.5, 0.6) is 11.5 Å². The molecule has 0 aromatic heterocycles. The van der Waals surface area contributed by atoms with Gasteiger partial charge in [-0.15, -0.1) is 0 Å². The van der Waals surface area contributed by atoms with E-state index in [9.17, 15) is 18.3 Å². The minimum Gasteiger partial charge on any atom is -0.504 e. The third-order valence-electron chi connectivity index (χ3n) is 7.76. The molecule has 0 spiro atoms. The third kappa shape index (κ3) is 5.49. The van der Waals surface area contributed by atoms with E-state index in [2.05, 4.69) is 15.5 Å². The van der Waals surface area contributed by atoms with Crippen LogP contribution in [0.1, 0.15) is 24.8 Å². The molecule has 1 saturated carbocycles. The number of carbonyl (C=O) groups is 1. The summed E-state index contributed by atoms with van der Waals surface area (Å²) in [5, 5.41) is 16.2. The number of anilines is 2. The molecule has 2 atom stereocenters. The van der Waals surface area contributed by atoms with Gasteiger partial charge >= 0.3 is 6.03 Å². The molecule has 2 bridgehead atoms. The highest BCUT2D eigenvalue weighted by atomic mass is 35.5. The predicted molar refractivity (Wildman–Crippen MR) is 153 cm³/mol. The topological polar surface area (TPSA) is 111 Å². The van der Waals surface area contributed by atoms with Gasteiger partial charge in [0.1, 0.15) is 17.3 Å². The quantitative estimate of drug-likeness (QED) is 0.302. The minimum absolute atomic E-state index is 0.0668. The third-order valence-corrected chi connectivity index (χ3v) is 10.2. The van der Waals surface area contributed by atoms with Crippen molar-refractivity contribution in [2.45, 2.75) is 42.8 Å². The number of hydrogen-bond acceptors (Lipinski definition) is 6. The Hall–Kier alpha value is -3.31. The van der Waals surface area contributed by atoms with Gasteiger partial charge in [0, 0.05) is 31.7 Å². The fraction of sp³-hybridized carbons (Fsp3) is 0.345. The molecule has 9 nitrogen and oxygen atoms in total. The first-order valence-electron chi connectivity index (χ1n) is 13.4. The Labute approximate surface area is 238 Å². The molecule has 2 aliphatic heterocycles. The van der Waals surface area contributed by atoms with E-state index < -0.39 is 21.8 Å². The number of aromatic hydroxyl groups is 1. The van der Waals surface area contributed by atoms with E-state index in [0.717, 1.165) is 24.4 Å². The van der Waals surface area contributed by atoms with Gasteiger partial charge in [-0.1, -0.05) is 54.1 Å². The van der Waals surface area contributed by atoms with Gasteiger partial charge in [-0.3, -0.25) is 4.90 Å². The number of likely N-dealkylation sites (tertiary alicyclic amines) is 1. The second-order valence-corrected chi connectivity index (χ2v) is 12.9. The molecule has 3 aliphatic rings. The van der Waals surface area contributed by atoms with Gasteiger partial charge in [0.25, 0.3) is 0 Å². The molecular weight excluding hydrogens is 552 g/mol. The summed E-state index contributed by atoms with van der Waals surface area (Å²) in [6.45, 7) is 2.39. The molecule has 2 saturated heterocycles. The highest BCUT2D eigenvalue weighted by Gasteiger charge is 2.50. The number of nitrogens with zero attached hydrogens (tertiary/aromatic N) is 2. The van der Waals surface area contributed by atoms with E-state index in [1.165, 1.54) is 29.3 Å². The summed E-state index contributed by atoms with van der Waals surface area (Å²) in [4.78, 5) is 14.9. The highest BCUT2D eigenvalue weighted by molar-refractivity contribution is 7.89. The van der Waals surface area contributed by atoms with Crippen molar-refractivity contribution in [3.8, 4) is 11.5 Å². The van der Waals surface area contributed by atoms with Crippen LogP contribution in [0.25, 0.3) is 0 Å². The van der Waals surface area contributed by atoms with Crippen molar-refractivity contribution in [3.63, 3.8) is 0 Å². The summed E-state index contributed by atoms with van der Waals surface area (Å²) in [7, 11) is -4.09. The first-order valence-corrected chi connectivity index (χ1v) is 15.2. The number of rotatable bonds is 9. The number of phenolic OH excluding ortho intramolecular Hbond substituents is 1. The van der Waals surface area contributed by atoms with E-state index in [4.69, 9.17) is 16.3 Å². The number of sulfonamides is 1. The second kappa shape index (κ2) is 10.9. The number of carbonyl (C=O) groups excluding carboxylic acids is 1. The van der Waals surface area contributed by atoms with E-state index in [-0.39, 0.29) is 27.7 Å². The number of benzene rings is 3. The lowest BCUT2D eigenvalue weighted by molar-refractivity contribution is 0.175. The number of para-hydroxylation sites is 2. The molecule has 210 valence electrons. The van der Waals surface area contributed by atoms with Crippen LogP contribution in [-0.2, 0) is 16.6 Å². The molecule has 2 heterocycles. The molecule has 2 amide bonds. The lowest BCUT2D eigenvalue weighted by Gasteiger charge is -2.33. The molecule has 3 N–H and O–H groups in total. The van der Waals surface area contributed by atoms with Crippen LogP contribution in [0, 0.1) is 5.92 Å². The summed E-state index contributed by atoms with van der Waals surface area (Å²) in [5.41, 5.74) is 1.33. The van der Waals surface area contributed by atoms with Crippen LogP contribution in [0.3, 0.4) is 0 Å². The molecular formula is C29H31ClN4O5S. The average molecular weight is 583 g/mol. The van der Waals surface area contributed by atoms with Crippen molar-refractivity contribution in [1.82, 2.24) is 9.21 Å². The minimum atomic E-state index is -4.09. The molecule has 40 heavy (non-hydrogen) atoms. The summed E-state index contributed by atoms with van der Waals surface area (Å²) in [5.74, 6) is 0.609. The molecule has 3 fully saturated rings. The number of ether oxygens (including phenoxy) is 1. The maximum atomic E-state index is 13.7. The monoisotopic (exact) mass is 582 g/mol. The van der Waals surface area contributed by atoms with Gasteiger partial charge in [0.05, 0.1) is 16.4 Å². The van der Waals surface area contributed by atoms with Crippen molar-refractivity contribution < 1.29 is 23.1 Å². The Morgan fingerprint density at radius 2 is 1.68 bits per heavy atom. The average Bonchev–Trinajstić information content (AvgIpc) is 3.52. The number of amides is 2. The molecule has 0 radical (unpaired) electrons. The summed E-state index contributed by atoms with van der Waals surface area (Å²) >= 11 is 6.32. The maximum absolute atomic E-state index is 13.7. The number of urea groups is 1. The lowest BCUT2D eigenvalue weighted by atomic mass is 10.2. The number of hydrogen-bond donors (Lipinski definition) is 3. The summed E-state index contributed by atoms with van der Waals surface area (Å²) in [6.07, 6.45) is 3.27. The number of phenols is 1. The maximum Gasteiger partial charge on any atom is 0.323 e. The van der Waals surface area contributed by atoms with Crippen LogP contribution in [0.4, 0.5) is 16.2 Å². The fourth-order valence-electron chi connectivity index (χ4n) is 5.58. The second-order valence-electron chi connectivity index (χ2n) is 10.6. The zero-order valence-electron chi connectivity index (χ0n) is 21.8. The van der Waals surface area contributed by atoms with Gasteiger partial charge in [-0.05, 0) is 55.0 Å². The van der Waals surface area contributed by atoms with Gasteiger partial charge in [-0.25, -0.2) is 13.2 Å². The predicted octanol–water partition coefficient (Wildman–Crippen LogP) is 5.13. The Balaban J connectivity index is 1.15. The van der Waals surface area contributed by atoms with E-state index in [1.807, 2.05) is 30.3 Å². The van der Waals surface area contributed by atoms with Crippen LogP contribution < -0.4 is 15.4 Å². The Bertz CT molecular complexity index is 1520. The van der Waals surface area contributed by atoms with Crippen molar-refractivity contribution in [1.29, 1.82) is 0 Å². The molecule has 1 aliphatic carbocycles. The SMILES string of the molecule is O=C(Nc1ccccc1OCc1ccccc1)Nc1ccc(Cl)c(S(=O)(=O)N2C[C@H]3C[C@H]2CN3CC2CC2)c1O. The van der Waals surface area contributed by atoms with Crippen molar-refractivity contribution in [2.75, 3.05) is 30.3 Å². The first-order chi connectivity index (χ1) is 19.3. The van der Waals surface area contributed by atoms with Crippen molar-refractivity contribution in [2.24, 2.45) is 5.92 Å². The summed E-state index contributed by atoms with van der Waals surface area (Å²) < 4.78 is 34.7. The van der Waals surface area contributed by atoms with Crippen LogP contribution in [0.15, 0.2) is 71.6 Å². The number of fused-ring (bicyclic) bond motifs is 2. The van der Waals surface area contributed by atoms with Crippen LogP contribution in [0.2, 0.25) is 5.02 Å². The molecule has 11 heteroatoms. The number of nitrogens with one attached hydrogen (secondary N) is 2. The van der Waals surface area contributed by atoms with E-state index >= 15 is 0 Å². The highest BCUT2D eigenvalue weighted by Crippen LogP contribution is 2.43. The van der Waals surface area contributed by atoms with Crippen molar-refractivity contribution >= 4 is 39.0 Å². The molecule has 6 rings (SSSR count). The molecule has 3 aromatic carbocycles. The Kier molecular flexibility index (Phi) is 7.35. The van der Waals surface area contributed by atoms with Crippen LogP contribution >= 0.6 is 11.6 Å². The van der Waals surface area contributed by atoms with Crippen molar-refractivity contribution in [3.05, 3.63) is 77.3 Å². The van der Waals surface area contributed by atoms with E-state index in [1.54, 1.807) is 24.3 Å². The Morgan fingerprint density at radius 1 is 0.950 bits per heavy atom. The zero-order chi connectivity index (χ0) is 27.9.